The Kier molecular flexibility index (Phi) is 5.44. The molecule has 3 N–H and O–H groups in total. The van der Waals surface area contributed by atoms with Crippen molar-refractivity contribution >= 4 is 23.2 Å². The highest BCUT2D eigenvalue weighted by atomic mass is 35.5. The molecule has 2 nitrogen and oxygen atoms in total. The Bertz CT molecular complexity index is 560. The Balaban J connectivity index is 1.98. The van der Waals surface area contributed by atoms with Crippen molar-refractivity contribution in [1.29, 1.82) is 0 Å². The summed E-state index contributed by atoms with van der Waals surface area (Å²) in [5, 5.41) is 13.5. The van der Waals surface area contributed by atoms with Crippen molar-refractivity contribution in [3.8, 4) is 0 Å². The van der Waals surface area contributed by atoms with Gasteiger partial charge in [0.1, 0.15) is 18.7 Å². The summed E-state index contributed by atoms with van der Waals surface area (Å²) in [4.78, 5) is 0. The average Bonchev–Trinajstić information content (AvgIpc) is 2.48. The van der Waals surface area contributed by atoms with Crippen LogP contribution in [0.25, 0.3) is 0 Å². The van der Waals surface area contributed by atoms with Gasteiger partial charge in [-0.15, -0.1) is 0 Å². The molecule has 0 radical (unpaired) electrons. The van der Waals surface area contributed by atoms with Crippen molar-refractivity contribution in [3.05, 3.63) is 69.7 Å². The Morgan fingerprint density at radius 1 is 1.05 bits per heavy atom. The lowest BCUT2D eigenvalue weighted by Crippen LogP contribution is -2.89. The Hall–Kier alpha value is -1.06. The molecule has 0 unspecified atom stereocenters. The minimum absolute atomic E-state index is 0.0347. The fourth-order valence-corrected chi connectivity index (χ4v) is 2.50. The van der Waals surface area contributed by atoms with Gasteiger partial charge in [0.25, 0.3) is 0 Å². The Labute approximate surface area is 129 Å². The van der Waals surface area contributed by atoms with Crippen LogP contribution in [0.4, 0.5) is 0 Å². The van der Waals surface area contributed by atoms with E-state index in [-0.39, 0.29) is 6.04 Å². The van der Waals surface area contributed by atoms with E-state index in [1.54, 1.807) is 6.07 Å². The normalized spacial score (nSPS) is 14.0. The van der Waals surface area contributed by atoms with Gasteiger partial charge in [0.2, 0.25) is 0 Å². The summed E-state index contributed by atoms with van der Waals surface area (Å²) in [5.41, 5.74) is 1.90. The number of benzene rings is 2. The molecule has 0 aliphatic carbocycles. The van der Waals surface area contributed by atoms with E-state index in [9.17, 15) is 5.11 Å². The van der Waals surface area contributed by atoms with Crippen LogP contribution in [0.3, 0.4) is 0 Å². The van der Waals surface area contributed by atoms with Gasteiger partial charge in [-0.3, -0.25) is 0 Å². The first-order valence-corrected chi connectivity index (χ1v) is 7.34. The average molecular weight is 311 g/mol. The lowest BCUT2D eigenvalue weighted by molar-refractivity contribution is -0.709. The molecule has 0 aliphatic heterocycles. The molecule has 0 aromatic heterocycles. The molecule has 2 aromatic rings. The third-order valence-electron chi connectivity index (χ3n) is 3.38. The molecule has 2 atom stereocenters. The van der Waals surface area contributed by atoms with E-state index >= 15 is 0 Å². The molecule has 106 valence electrons. The van der Waals surface area contributed by atoms with Gasteiger partial charge in [-0.1, -0.05) is 65.7 Å². The van der Waals surface area contributed by atoms with Gasteiger partial charge < -0.3 is 10.4 Å². The number of halogens is 2. The van der Waals surface area contributed by atoms with Crippen molar-refractivity contribution in [1.82, 2.24) is 0 Å². The summed E-state index contributed by atoms with van der Waals surface area (Å²) in [6.07, 6.45) is -0.505. The minimum Gasteiger partial charge on any atom is -0.382 e. The SMILES string of the molecule is C[C@@H]([NH2+]Cc1cccc(Cl)c1Cl)[C@H](O)c1ccccc1. The summed E-state index contributed by atoms with van der Waals surface area (Å²) in [6.45, 7) is 2.68. The number of hydrogen-bond donors (Lipinski definition) is 2. The molecular formula is C16H18Cl2NO+. The van der Waals surface area contributed by atoms with Gasteiger partial charge in [-0.2, -0.15) is 0 Å². The summed E-state index contributed by atoms with van der Waals surface area (Å²) >= 11 is 12.2. The van der Waals surface area contributed by atoms with Crippen LogP contribution < -0.4 is 5.32 Å². The zero-order valence-corrected chi connectivity index (χ0v) is 12.8. The van der Waals surface area contributed by atoms with Gasteiger partial charge in [-0.05, 0) is 18.6 Å². The fourth-order valence-electron chi connectivity index (χ4n) is 2.10. The molecule has 0 saturated heterocycles. The molecule has 0 aliphatic rings. The Morgan fingerprint density at radius 3 is 2.45 bits per heavy atom. The molecule has 2 aromatic carbocycles. The van der Waals surface area contributed by atoms with E-state index in [0.29, 0.717) is 16.6 Å². The van der Waals surface area contributed by atoms with Crippen LogP contribution in [0, 0.1) is 0 Å². The quantitative estimate of drug-likeness (QED) is 0.874. The number of aliphatic hydroxyl groups is 1. The molecule has 0 heterocycles. The van der Waals surface area contributed by atoms with Crippen LogP contribution in [0.1, 0.15) is 24.2 Å². The van der Waals surface area contributed by atoms with Crippen LogP contribution in [0.2, 0.25) is 10.0 Å². The summed E-state index contributed by atoms with van der Waals surface area (Å²) < 4.78 is 0. The molecule has 2 rings (SSSR count). The summed E-state index contributed by atoms with van der Waals surface area (Å²) in [5.74, 6) is 0. The van der Waals surface area contributed by atoms with E-state index in [4.69, 9.17) is 23.2 Å². The molecular weight excluding hydrogens is 293 g/mol. The van der Waals surface area contributed by atoms with Crippen molar-refractivity contribution in [2.24, 2.45) is 0 Å². The van der Waals surface area contributed by atoms with E-state index in [1.807, 2.05) is 49.4 Å². The monoisotopic (exact) mass is 310 g/mol. The van der Waals surface area contributed by atoms with Gasteiger partial charge in [0, 0.05) is 5.56 Å². The highest BCUT2D eigenvalue weighted by molar-refractivity contribution is 6.42. The van der Waals surface area contributed by atoms with E-state index in [0.717, 1.165) is 11.1 Å². The predicted molar refractivity (Wildman–Crippen MR) is 83.0 cm³/mol. The first-order chi connectivity index (χ1) is 9.59. The minimum atomic E-state index is -0.505. The maximum absolute atomic E-state index is 10.3. The third kappa shape index (κ3) is 3.74. The highest BCUT2D eigenvalue weighted by Gasteiger charge is 2.19. The maximum atomic E-state index is 10.3. The zero-order chi connectivity index (χ0) is 14.5. The highest BCUT2D eigenvalue weighted by Crippen LogP contribution is 2.24. The lowest BCUT2D eigenvalue weighted by Gasteiger charge is -2.18. The van der Waals surface area contributed by atoms with Crippen molar-refractivity contribution in [2.75, 3.05) is 0 Å². The topological polar surface area (TPSA) is 36.8 Å². The van der Waals surface area contributed by atoms with E-state index in [2.05, 4.69) is 5.32 Å². The molecule has 0 spiro atoms. The van der Waals surface area contributed by atoms with Crippen LogP contribution in [0.15, 0.2) is 48.5 Å². The number of aliphatic hydroxyl groups excluding tert-OH is 1. The van der Waals surface area contributed by atoms with Crippen molar-refractivity contribution in [3.63, 3.8) is 0 Å². The van der Waals surface area contributed by atoms with Crippen LogP contribution in [-0.2, 0) is 6.54 Å². The molecule has 0 amide bonds. The largest absolute Gasteiger partial charge is 0.382 e. The number of quaternary nitrogens is 1. The second kappa shape index (κ2) is 7.09. The fraction of sp³-hybridized carbons (Fsp3) is 0.250. The standard InChI is InChI=1S/C16H17Cl2NO/c1-11(16(20)12-6-3-2-4-7-12)19-10-13-8-5-9-14(17)15(13)18/h2-9,11,16,19-20H,10H2,1H3/p+1/t11-,16+/m1/s1. The van der Waals surface area contributed by atoms with Gasteiger partial charge in [0.05, 0.1) is 10.0 Å². The molecule has 0 bridgehead atoms. The van der Waals surface area contributed by atoms with Gasteiger partial charge in [-0.25, -0.2) is 0 Å². The van der Waals surface area contributed by atoms with Crippen LogP contribution in [0.5, 0.6) is 0 Å². The summed E-state index contributed by atoms with van der Waals surface area (Å²) in [7, 11) is 0. The first-order valence-electron chi connectivity index (χ1n) is 6.59. The van der Waals surface area contributed by atoms with Gasteiger partial charge in [0.15, 0.2) is 0 Å². The molecule has 20 heavy (non-hydrogen) atoms. The zero-order valence-electron chi connectivity index (χ0n) is 11.3. The second-order valence-electron chi connectivity index (χ2n) is 4.87. The molecule has 0 fully saturated rings. The second-order valence-corrected chi connectivity index (χ2v) is 5.65. The smallest absolute Gasteiger partial charge is 0.130 e. The number of nitrogens with two attached hydrogens (primary N) is 1. The maximum Gasteiger partial charge on any atom is 0.130 e. The van der Waals surface area contributed by atoms with Crippen molar-refractivity contribution in [2.45, 2.75) is 25.6 Å². The predicted octanol–water partition coefficient (Wildman–Crippen LogP) is 3.18. The molecule has 0 saturated carbocycles. The lowest BCUT2D eigenvalue weighted by atomic mass is 10.0. The van der Waals surface area contributed by atoms with Crippen molar-refractivity contribution < 1.29 is 10.4 Å². The van der Waals surface area contributed by atoms with Crippen LogP contribution >= 0.6 is 23.2 Å². The summed E-state index contributed by atoms with van der Waals surface area (Å²) in [6, 6.07) is 15.3. The van der Waals surface area contributed by atoms with E-state index < -0.39 is 6.10 Å². The van der Waals surface area contributed by atoms with Crippen LogP contribution in [-0.4, -0.2) is 11.1 Å². The Morgan fingerprint density at radius 2 is 1.75 bits per heavy atom. The first kappa shape index (κ1) is 15.3. The molecule has 4 heteroatoms. The van der Waals surface area contributed by atoms with E-state index in [1.165, 1.54) is 0 Å². The third-order valence-corrected chi connectivity index (χ3v) is 4.24. The number of rotatable bonds is 5. The number of hydrogen-bond acceptors (Lipinski definition) is 1. The van der Waals surface area contributed by atoms with Gasteiger partial charge >= 0.3 is 0 Å².